The second kappa shape index (κ2) is 12.3. The fourth-order valence-electron chi connectivity index (χ4n) is 4.37. The lowest BCUT2D eigenvalue weighted by atomic mass is 9.92. The molecular formula is C30H24F3NO5S. The number of hydrogen-bond donors (Lipinski definition) is 2. The minimum absolute atomic E-state index is 0.0436. The Hall–Kier alpha value is -4.18. The third-order valence-electron chi connectivity index (χ3n) is 6.34. The molecule has 0 atom stereocenters. The molecule has 0 radical (unpaired) electrons. The molecule has 1 aliphatic carbocycles. The number of halogens is 3. The third kappa shape index (κ3) is 7.47. The van der Waals surface area contributed by atoms with Gasteiger partial charge in [0.05, 0.1) is 6.42 Å². The summed E-state index contributed by atoms with van der Waals surface area (Å²) >= 11 is -0.281. The van der Waals surface area contributed by atoms with Crippen molar-refractivity contribution in [1.29, 1.82) is 0 Å². The number of allylic oxidation sites excluding steroid dienone is 2. The molecule has 0 unspecified atom stereocenters. The number of Topliss-reactive ketones (excluding diaryl/α,β-unsaturated/α-hetero) is 1. The second-order valence-electron chi connectivity index (χ2n) is 9.14. The van der Waals surface area contributed by atoms with E-state index in [0.717, 1.165) is 24.8 Å². The maximum Gasteiger partial charge on any atom is 0.446 e. The van der Waals surface area contributed by atoms with Crippen LogP contribution in [-0.4, -0.2) is 40.6 Å². The van der Waals surface area contributed by atoms with Crippen molar-refractivity contribution in [2.75, 3.05) is 6.54 Å². The highest BCUT2D eigenvalue weighted by Crippen LogP contribution is 2.37. The summed E-state index contributed by atoms with van der Waals surface area (Å²) in [6.45, 7) is -0.0436. The number of fused-ring (bicyclic) bond motifs is 1. The summed E-state index contributed by atoms with van der Waals surface area (Å²) < 4.78 is 38.0. The van der Waals surface area contributed by atoms with Gasteiger partial charge in [0.1, 0.15) is 0 Å². The van der Waals surface area contributed by atoms with Gasteiger partial charge < -0.3 is 10.4 Å². The van der Waals surface area contributed by atoms with Crippen LogP contribution in [-0.2, 0) is 17.6 Å². The molecule has 0 aromatic heterocycles. The Labute approximate surface area is 232 Å². The number of carboxylic acid groups (broad SMARTS) is 1. The Balaban J connectivity index is 1.62. The third-order valence-corrected chi connectivity index (χ3v) is 7.07. The van der Waals surface area contributed by atoms with E-state index < -0.39 is 29.0 Å². The lowest BCUT2D eigenvalue weighted by molar-refractivity contribution is -0.136. The molecule has 40 heavy (non-hydrogen) atoms. The van der Waals surface area contributed by atoms with Gasteiger partial charge >= 0.3 is 11.5 Å². The van der Waals surface area contributed by atoms with Gasteiger partial charge in [-0.3, -0.25) is 19.2 Å². The normalized spacial score (nSPS) is 13.0. The summed E-state index contributed by atoms with van der Waals surface area (Å²) in [4.78, 5) is 49.6. The molecule has 206 valence electrons. The molecule has 6 nitrogen and oxygen atoms in total. The van der Waals surface area contributed by atoms with Crippen LogP contribution in [0, 0.1) is 0 Å². The van der Waals surface area contributed by atoms with Crippen molar-refractivity contribution in [3.05, 3.63) is 106 Å². The maximum atomic E-state index is 13.6. The van der Waals surface area contributed by atoms with Gasteiger partial charge in [-0.2, -0.15) is 13.2 Å². The van der Waals surface area contributed by atoms with Crippen molar-refractivity contribution in [1.82, 2.24) is 5.32 Å². The van der Waals surface area contributed by atoms with E-state index in [2.05, 4.69) is 5.32 Å². The van der Waals surface area contributed by atoms with Crippen LogP contribution in [0.25, 0.3) is 5.57 Å². The number of rotatable bonds is 10. The minimum atomic E-state index is -4.45. The number of alkyl halides is 3. The molecule has 3 aromatic rings. The van der Waals surface area contributed by atoms with E-state index >= 15 is 0 Å². The number of carboxylic acids is 1. The standard InChI is InChI=1S/C30H24F3NO5S/c31-30(32,33)40-24-12-10-19(11-13-24)26(35)17-25(23-9-4-18-2-1-3-22(18)16-23)28(38)20-5-7-21(8-6-20)29(39)34-15-14-27(36)37/h4-13,16-17H,1-3,14-15H2,(H,34,39)(H,36,37)/b25-17-. The average Bonchev–Trinajstić information content (AvgIpc) is 3.38. The molecule has 1 aliphatic rings. The molecule has 0 bridgehead atoms. The Morgan fingerprint density at radius 3 is 2.08 bits per heavy atom. The lowest BCUT2D eigenvalue weighted by Crippen LogP contribution is -2.26. The summed E-state index contributed by atoms with van der Waals surface area (Å²) in [6.07, 6.45) is 3.73. The first kappa shape index (κ1) is 28.8. The van der Waals surface area contributed by atoms with E-state index in [0.29, 0.717) is 5.56 Å². The fraction of sp³-hybridized carbons (Fsp3) is 0.200. The lowest BCUT2D eigenvalue weighted by Gasteiger charge is -2.11. The largest absolute Gasteiger partial charge is 0.481 e. The zero-order chi connectivity index (χ0) is 28.9. The topological polar surface area (TPSA) is 101 Å². The van der Waals surface area contributed by atoms with E-state index in [1.165, 1.54) is 60.2 Å². The van der Waals surface area contributed by atoms with E-state index in [1.807, 2.05) is 12.1 Å². The van der Waals surface area contributed by atoms with E-state index in [9.17, 15) is 32.3 Å². The fourth-order valence-corrected chi connectivity index (χ4v) is 4.91. The predicted octanol–water partition coefficient (Wildman–Crippen LogP) is 6.14. The number of nitrogens with one attached hydrogen (secondary N) is 1. The number of aliphatic carboxylic acids is 1. The molecular weight excluding hydrogens is 543 g/mol. The number of carbonyl (C=O) groups is 4. The van der Waals surface area contributed by atoms with Crippen LogP contribution in [0.3, 0.4) is 0 Å². The van der Waals surface area contributed by atoms with Gasteiger partial charge in [0, 0.05) is 33.7 Å². The number of amides is 1. The van der Waals surface area contributed by atoms with E-state index in [1.54, 1.807) is 6.07 Å². The van der Waals surface area contributed by atoms with Crippen LogP contribution < -0.4 is 5.32 Å². The highest BCUT2D eigenvalue weighted by Gasteiger charge is 2.29. The van der Waals surface area contributed by atoms with E-state index in [4.69, 9.17) is 5.11 Å². The number of aryl methyl sites for hydroxylation is 2. The zero-order valence-electron chi connectivity index (χ0n) is 21.1. The van der Waals surface area contributed by atoms with Crippen molar-refractivity contribution in [3.63, 3.8) is 0 Å². The number of hydrogen-bond acceptors (Lipinski definition) is 5. The summed E-state index contributed by atoms with van der Waals surface area (Å²) in [5, 5.41) is 11.2. The van der Waals surface area contributed by atoms with Crippen LogP contribution in [0.15, 0.2) is 77.7 Å². The van der Waals surface area contributed by atoms with Crippen molar-refractivity contribution in [2.45, 2.75) is 36.1 Å². The van der Waals surface area contributed by atoms with Crippen molar-refractivity contribution < 1.29 is 37.5 Å². The predicted molar refractivity (Wildman–Crippen MR) is 144 cm³/mol. The first-order valence-electron chi connectivity index (χ1n) is 12.4. The number of ketones is 2. The van der Waals surface area contributed by atoms with Crippen molar-refractivity contribution >= 4 is 40.8 Å². The molecule has 1 amide bonds. The number of thioether (sulfide) groups is 1. The number of carbonyl (C=O) groups excluding carboxylic acids is 3. The first-order valence-corrected chi connectivity index (χ1v) is 13.2. The van der Waals surface area contributed by atoms with Gasteiger partial charge in [-0.05, 0) is 90.2 Å². The van der Waals surface area contributed by atoms with Gasteiger partial charge in [0.2, 0.25) is 0 Å². The molecule has 0 aliphatic heterocycles. The maximum absolute atomic E-state index is 13.6. The van der Waals surface area contributed by atoms with Crippen LogP contribution in [0.4, 0.5) is 13.2 Å². The monoisotopic (exact) mass is 567 g/mol. The Kier molecular flexibility index (Phi) is 8.89. The van der Waals surface area contributed by atoms with Crippen LogP contribution in [0.2, 0.25) is 0 Å². The zero-order valence-corrected chi connectivity index (χ0v) is 21.9. The molecule has 2 N–H and O–H groups in total. The van der Waals surface area contributed by atoms with Crippen molar-refractivity contribution in [2.24, 2.45) is 0 Å². The average molecular weight is 568 g/mol. The molecule has 3 aromatic carbocycles. The SMILES string of the molecule is O=C(O)CCNC(=O)c1ccc(C(=O)/C(=C\C(=O)c2ccc(SC(F)(F)F)cc2)c2ccc3c(c2)CCC3)cc1. The number of benzene rings is 3. The van der Waals surface area contributed by atoms with Crippen LogP contribution >= 0.6 is 11.8 Å². The summed E-state index contributed by atoms with van der Waals surface area (Å²) in [5.41, 5.74) is -0.940. The smallest absolute Gasteiger partial charge is 0.446 e. The van der Waals surface area contributed by atoms with Crippen LogP contribution in [0.1, 0.15) is 60.6 Å². The van der Waals surface area contributed by atoms with Gasteiger partial charge in [-0.25, -0.2) is 0 Å². The molecule has 0 saturated heterocycles. The Morgan fingerprint density at radius 2 is 1.43 bits per heavy atom. The highest BCUT2D eigenvalue weighted by molar-refractivity contribution is 8.00. The molecule has 10 heteroatoms. The molecule has 4 rings (SSSR count). The van der Waals surface area contributed by atoms with Gasteiger partial charge in [0.15, 0.2) is 11.6 Å². The Morgan fingerprint density at radius 1 is 0.825 bits per heavy atom. The van der Waals surface area contributed by atoms with Gasteiger partial charge in [0.25, 0.3) is 5.91 Å². The summed E-state index contributed by atoms with van der Waals surface area (Å²) in [6, 6.07) is 16.3. The first-order chi connectivity index (χ1) is 19.0. The second-order valence-corrected chi connectivity index (χ2v) is 10.3. The van der Waals surface area contributed by atoms with E-state index in [-0.39, 0.29) is 51.9 Å². The highest BCUT2D eigenvalue weighted by atomic mass is 32.2. The molecule has 0 fully saturated rings. The minimum Gasteiger partial charge on any atom is -0.481 e. The summed E-state index contributed by atoms with van der Waals surface area (Å²) in [5.74, 6) is -2.54. The van der Waals surface area contributed by atoms with Crippen molar-refractivity contribution in [3.8, 4) is 0 Å². The Bertz CT molecular complexity index is 1480. The molecule has 0 heterocycles. The van der Waals surface area contributed by atoms with Gasteiger partial charge in [-0.1, -0.05) is 30.3 Å². The molecule has 0 spiro atoms. The summed E-state index contributed by atoms with van der Waals surface area (Å²) in [7, 11) is 0. The molecule has 0 saturated carbocycles. The van der Waals surface area contributed by atoms with Gasteiger partial charge in [-0.15, -0.1) is 0 Å². The van der Waals surface area contributed by atoms with Crippen LogP contribution in [0.5, 0.6) is 0 Å². The quantitative estimate of drug-likeness (QED) is 0.173.